The molecule has 0 spiro atoms. The summed E-state index contributed by atoms with van der Waals surface area (Å²) in [6.45, 7) is 0.631. The molecule has 0 radical (unpaired) electrons. The third-order valence-corrected chi connectivity index (χ3v) is 4.44. The third-order valence-electron chi connectivity index (χ3n) is 3.55. The van der Waals surface area contributed by atoms with E-state index in [0.717, 1.165) is 16.1 Å². The highest BCUT2D eigenvalue weighted by Crippen LogP contribution is 2.23. The molecular formula is C17H18N4O2S. The van der Waals surface area contributed by atoms with E-state index in [9.17, 15) is 9.90 Å². The van der Waals surface area contributed by atoms with Gasteiger partial charge in [0.25, 0.3) is 5.91 Å². The molecule has 0 saturated heterocycles. The smallest absolute Gasteiger partial charge is 0.273 e. The van der Waals surface area contributed by atoms with Gasteiger partial charge in [-0.05, 0) is 5.56 Å². The monoisotopic (exact) mass is 342 g/mol. The summed E-state index contributed by atoms with van der Waals surface area (Å²) < 4.78 is 1.70. The highest BCUT2D eigenvalue weighted by Gasteiger charge is 2.19. The summed E-state index contributed by atoms with van der Waals surface area (Å²) in [5.41, 5.74) is 2.29. The molecule has 2 heterocycles. The van der Waals surface area contributed by atoms with Crippen LogP contribution in [0.2, 0.25) is 0 Å². The van der Waals surface area contributed by atoms with Crippen LogP contribution in [0.1, 0.15) is 16.1 Å². The second-order valence-corrected chi connectivity index (χ2v) is 6.23. The molecule has 7 heteroatoms. The first-order chi connectivity index (χ1) is 11.7. The number of aromatic nitrogens is 3. The zero-order chi connectivity index (χ0) is 16.9. The Morgan fingerprint density at radius 3 is 2.79 bits per heavy atom. The molecule has 3 aromatic rings. The van der Waals surface area contributed by atoms with Crippen LogP contribution in [0.4, 0.5) is 0 Å². The maximum Gasteiger partial charge on any atom is 0.273 e. The predicted molar refractivity (Wildman–Crippen MR) is 92.6 cm³/mol. The Labute approximate surface area is 144 Å². The lowest BCUT2D eigenvalue weighted by Crippen LogP contribution is -2.33. The van der Waals surface area contributed by atoms with Crippen LogP contribution in [-0.4, -0.2) is 43.8 Å². The van der Waals surface area contributed by atoms with Crippen molar-refractivity contribution < 1.29 is 9.90 Å². The summed E-state index contributed by atoms with van der Waals surface area (Å²) in [7, 11) is 1.84. The average molecular weight is 342 g/mol. The number of nitrogens with zero attached hydrogens (tertiary/aromatic N) is 4. The van der Waals surface area contributed by atoms with Crippen molar-refractivity contribution >= 4 is 17.2 Å². The first-order valence-electron chi connectivity index (χ1n) is 7.56. The van der Waals surface area contributed by atoms with Crippen molar-refractivity contribution in [2.24, 2.45) is 7.05 Å². The highest BCUT2D eigenvalue weighted by molar-refractivity contribution is 7.13. The summed E-state index contributed by atoms with van der Waals surface area (Å²) in [6, 6.07) is 9.71. The largest absolute Gasteiger partial charge is 0.395 e. The first kappa shape index (κ1) is 16.4. The zero-order valence-electron chi connectivity index (χ0n) is 13.3. The Balaban J connectivity index is 1.79. The van der Waals surface area contributed by atoms with Gasteiger partial charge in [-0.1, -0.05) is 30.3 Å². The number of hydrogen-bond donors (Lipinski definition) is 1. The predicted octanol–water partition coefficient (Wildman–Crippen LogP) is 2.18. The van der Waals surface area contributed by atoms with Crippen molar-refractivity contribution in [2.75, 3.05) is 13.2 Å². The van der Waals surface area contributed by atoms with Crippen LogP contribution in [0.3, 0.4) is 0 Å². The molecular weight excluding hydrogens is 324 g/mol. The second-order valence-electron chi connectivity index (χ2n) is 5.38. The number of amides is 1. The van der Waals surface area contributed by atoms with Crippen LogP contribution in [-0.2, 0) is 13.6 Å². The first-order valence-corrected chi connectivity index (χ1v) is 8.44. The number of rotatable bonds is 6. The fraction of sp³-hybridized carbons (Fsp3) is 0.235. The Bertz CT molecular complexity index is 813. The van der Waals surface area contributed by atoms with Crippen molar-refractivity contribution in [2.45, 2.75) is 6.54 Å². The van der Waals surface area contributed by atoms with E-state index < -0.39 is 0 Å². The number of benzene rings is 1. The van der Waals surface area contributed by atoms with E-state index in [1.54, 1.807) is 21.2 Å². The van der Waals surface area contributed by atoms with Gasteiger partial charge in [0.15, 0.2) is 0 Å². The van der Waals surface area contributed by atoms with E-state index in [2.05, 4.69) is 10.1 Å². The minimum absolute atomic E-state index is 0.0851. The molecule has 6 nitrogen and oxygen atoms in total. The Hall–Kier alpha value is -2.51. The molecule has 1 aromatic carbocycles. The highest BCUT2D eigenvalue weighted by atomic mass is 32.1. The Kier molecular flexibility index (Phi) is 5.02. The molecule has 0 aliphatic heterocycles. The van der Waals surface area contributed by atoms with Gasteiger partial charge in [0.2, 0.25) is 0 Å². The van der Waals surface area contributed by atoms with Gasteiger partial charge in [0.1, 0.15) is 10.7 Å². The second kappa shape index (κ2) is 7.37. The molecule has 0 bridgehead atoms. The number of hydrogen-bond acceptors (Lipinski definition) is 5. The van der Waals surface area contributed by atoms with Crippen molar-refractivity contribution in [1.29, 1.82) is 0 Å². The fourth-order valence-electron chi connectivity index (χ4n) is 2.38. The molecule has 3 rings (SSSR count). The van der Waals surface area contributed by atoms with Crippen molar-refractivity contribution in [3.05, 3.63) is 59.4 Å². The summed E-state index contributed by atoms with van der Waals surface area (Å²) in [5.74, 6) is -0.181. The topological polar surface area (TPSA) is 71.2 Å². The van der Waals surface area contributed by atoms with Crippen LogP contribution < -0.4 is 0 Å². The van der Waals surface area contributed by atoms with Crippen LogP contribution in [0.25, 0.3) is 10.6 Å². The van der Waals surface area contributed by atoms with Crippen LogP contribution >= 0.6 is 11.3 Å². The third kappa shape index (κ3) is 3.69. The van der Waals surface area contributed by atoms with Gasteiger partial charge in [-0.3, -0.25) is 9.48 Å². The maximum atomic E-state index is 12.7. The summed E-state index contributed by atoms with van der Waals surface area (Å²) in [5, 5.41) is 15.9. The number of aliphatic hydroxyl groups excluding tert-OH is 1. The maximum absolute atomic E-state index is 12.7. The van der Waals surface area contributed by atoms with E-state index in [4.69, 9.17) is 0 Å². The van der Waals surface area contributed by atoms with Crippen LogP contribution in [0, 0.1) is 0 Å². The minimum atomic E-state index is -0.181. The molecule has 0 fully saturated rings. The van der Waals surface area contributed by atoms with E-state index in [1.165, 1.54) is 11.3 Å². The van der Waals surface area contributed by atoms with Crippen molar-refractivity contribution in [3.63, 3.8) is 0 Å². The number of carbonyl (C=O) groups is 1. The lowest BCUT2D eigenvalue weighted by atomic mass is 10.2. The molecule has 1 amide bonds. The molecule has 0 aliphatic carbocycles. The van der Waals surface area contributed by atoms with Gasteiger partial charge in [-0.2, -0.15) is 5.10 Å². The molecule has 0 saturated carbocycles. The molecule has 124 valence electrons. The van der Waals surface area contributed by atoms with Gasteiger partial charge in [0, 0.05) is 37.3 Å². The lowest BCUT2D eigenvalue weighted by Gasteiger charge is -2.20. The van der Waals surface area contributed by atoms with Gasteiger partial charge in [-0.15, -0.1) is 11.3 Å². The molecule has 0 aliphatic rings. The quantitative estimate of drug-likeness (QED) is 0.745. The van der Waals surface area contributed by atoms with E-state index in [1.807, 2.05) is 43.6 Å². The average Bonchev–Trinajstić information content (AvgIpc) is 3.23. The van der Waals surface area contributed by atoms with E-state index in [-0.39, 0.29) is 19.1 Å². The Morgan fingerprint density at radius 2 is 2.12 bits per heavy atom. The van der Waals surface area contributed by atoms with Crippen LogP contribution in [0.5, 0.6) is 0 Å². The summed E-state index contributed by atoms with van der Waals surface area (Å²) >= 11 is 1.41. The lowest BCUT2D eigenvalue weighted by molar-refractivity contribution is 0.0703. The number of carbonyl (C=O) groups excluding carboxylic acids is 1. The Morgan fingerprint density at radius 1 is 1.33 bits per heavy atom. The van der Waals surface area contributed by atoms with E-state index in [0.29, 0.717) is 12.2 Å². The van der Waals surface area contributed by atoms with E-state index >= 15 is 0 Å². The molecule has 1 N–H and O–H groups in total. The van der Waals surface area contributed by atoms with Gasteiger partial charge in [0.05, 0.1) is 12.8 Å². The van der Waals surface area contributed by atoms with Crippen molar-refractivity contribution in [1.82, 2.24) is 19.7 Å². The molecule has 0 unspecified atom stereocenters. The molecule has 0 atom stereocenters. The molecule has 24 heavy (non-hydrogen) atoms. The van der Waals surface area contributed by atoms with Gasteiger partial charge >= 0.3 is 0 Å². The minimum Gasteiger partial charge on any atom is -0.395 e. The van der Waals surface area contributed by atoms with Crippen LogP contribution in [0.15, 0.2) is 48.1 Å². The summed E-state index contributed by atoms with van der Waals surface area (Å²) in [4.78, 5) is 18.8. The fourth-order valence-corrected chi connectivity index (χ4v) is 3.14. The summed E-state index contributed by atoms with van der Waals surface area (Å²) in [6.07, 6.45) is 3.59. The standard InChI is InChI=1S/C17H18N4O2S/c1-20-11-14(9-18-20)16-19-15(12-24-16)17(23)21(7-8-22)10-13-5-3-2-4-6-13/h2-6,9,11-12,22H,7-8,10H2,1H3. The SMILES string of the molecule is Cn1cc(-c2nc(C(=O)N(CCO)Cc3ccccc3)cs2)cn1. The number of thiazole rings is 1. The van der Waals surface area contributed by atoms with Gasteiger partial charge < -0.3 is 10.0 Å². The zero-order valence-corrected chi connectivity index (χ0v) is 14.1. The van der Waals surface area contributed by atoms with Gasteiger partial charge in [-0.25, -0.2) is 4.98 Å². The van der Waals surface area contributed by atoms with Crippen molar-refractivity contribution in [3.8, 4) is 10.6 Å². The molecule has 2 aromatic heterocycles. The number of aryl methyl sites for hydroxylation is 1. The number of aliphatic hydroxyl groups is 1. The normalized spacial score (nSPS) is 10.8.